The SMILES string of the molecule is CCc1ccc(CN2CC(N)C2=O)s1. The topological polar surface area (TPSA) is 46.3 Å². The summed E-state index contributed by atoms with van der Waals surface area (Å²) < 4.78 is 0. The monoisotopic (exact) mass is 210 g/mol. The van der Waals surface area contributed by atoms with Gasteiger partial charge in [-0.2, -0.15) is 0 Å². The van der Waals surface area contributed by atoms with Crippen LogP contribution in [0.15, 0.2) is 12.1 Å². The second-order valence-electron chi connectivity index (χ2n) is 3.55. The second-order valence-corrected chi connectivity index (χ2v) is 4.80. The van der Waals surface area contributed by atoms with Gasteiger partial charge in [-0.3, -0.25) is 4.79 Å². The van der Waals surface area contributed by atoms with Gasteiger partial charge in [-0.25, -0.2) is 0 Å². The van der Waals surface area contributed by atoms with Crippen LogP contribution in [0.25, 0.3) is 0 Å². The highest BCUT2D eigenvalue weighted by Crippen LogP contribution is 2.21. The first-order chi connectivity index (χ1) is 6.70. The van der Waals surface area contributed by atoms with Crippen LogP contribution in [0.4, 0.5) is 0 Å². The first kappa shape index (κ1) is 9.68. The molecular weight excluding hydrogens is 196 g/mol. The number of nitrogens with two attached hydrogens (primary N) is 1. The van der Waals surface area contributed by atoms with Gasteiger partial charge in [-0.1, -0.05) is 6.92 Å². The molecule has 3 nitrogen and oxygen atoms in total. The van der Waals surface area contributed by atoms with Gasteiger partial charge in [-0.15, -0.1) is 11.3 Å². The van der Waals surface area contributed by atoms with E-state index in [1.807, 2.05) is 0 Å². The average molecular weight is 210 g/mol. The molecular formula is C10H14N2OS. The third-order valence-corrected chi connectivity index (χ3v) is 3.67. The minimum absolute atomic E-state index is 0.0800. The molecule has 0 spiro atoms. The summed E-state index contributed by atoms with van der Waals surface area (Å²) in [7, 11) is 0. The predicted octanol–water partition coefficient (Wildman–Crippen LogP) is 0.980. The Morgan fingerprint density at radius 3 is 2.79 bits per heavy atom. The van der Waals surface area contributed by atoms with E-state index in [-0.39, 0.29) is 11.9 Å². The molecule has 0 bridgehead atoms. The number of amides is 1. The van der Waals surface area contributed by atoms with Crippen LogP contribution in [0.2, 0.25) is 0 Å². The minimum Gasteiger partial charge on any atom is -0.334 e. The van der Waals surface area contributed by atoms with Crippen molar-refractivity contribution in [3.8, 4) is 0 Å². The Morgan fingerprint density at radius 1 is 1.57 bits per heavy atom. The molecule has 4 heteroatoms. The normalized spacial score (nSPS) is 21.1. The van der Waals surface area contributed by atoms with E-state index in [1.165, 1.54) is 9.75 Å². The average Bonchev–Trinajstić information content (AvgIpc) is 2.65. The van der Waals surface area contributed by atoms with E-state index in [4.69, 9.17) is 5.73 Å². The number of likely N-dealkylation sites (tertiary alicyclic amines) is 1. The quantitative estimate of drug-likeness (QED) is 0.756. The fourth-order valence-electron chi connectivity index (χ4n) is 1.56. The smallest absolute Gasteiger partial charge is 0.241 e. The van der Waals surface area contributed by atoms with Crippen molar-refractivity contribution < 1.29 is 4.79 Å². The summed E-state index contributed by atoms with van der Waals surface area (Å²) in [4.78, 5) is 15.7. The summed E-state index contributed by atoms with van der Waals surface area (Å²) >= 11 is 1.78. The van der Waals surface area contributed by atoms with Gasteiger partial charge in [0, 0.05) is 16.3 Å². The van der Waals surface area contributed by atoms with Crippen LogP contribution in [0.3, 0.4) is 0 Å². The van der Waals surface area contributed by atoms with Gasteiger partial charge in [0.2, 0.25) is 5.91 Å². The van der Waals surface area contributed by atoms with Crippen LogP contribution in [-0.4, -0.2) is 23.4 Å². The zero-order valence-corrected chi connectivity index (χ0v) is 9.01. The lowest BCUT2D eigenvalue weighted by Gasteiger charge is -2.35. The molecule has 0 radical (unpaired) electrons. The van der Waals surface area contributed by atoms with E-state index in [1.54, 1.807) is 16.2 Å². The van der Waals surface area contributed by atoms with Crippen molar-refractivity contribution in [1.82, 2.24) is 4.90 Å². The molecule has 2 N–H and O–H groups in total. The van der Waals surface area contributed by atoms with Gasteiger partial charge >= 0.3 is 0 Å². The Labute approximate surface area is 87.5 Å². The van der Waals surface area contributed by atoms with Crippen LogP contribution < -0.4 is 5.73 Å². The molecule has 0 aliphatic carbocycles. The highest BCUT2D eigenvalue weighted by molar-refractivity contribution is 7.11. The number of rotatable bonds is 3. The van der Waals surface area contributed by atoms with Crippen LogP contribution >= 0.6 is 11.3 Å². The molecule has 0 saturated carbocycles. The third-order valence-electron chi connectivity index (χ3n) is 2.46. The number of hydrogen-bond donors (Lipinski definition) is 1. The van der Waals surface area contributed by atoms with E-state index in [2.05, 4.69) is 19.1 Å². The van der Waals surface area contributed by atoms with Crippen molar-refractivity contribution >= 4 is 17.2 Å². The lowest BCUT2D eigenvalue weighted by molar-refractivity contribution is -0.143. The number of thiophene rings is 1. The van der Waals surface area contributed by atoms with E-state index in [0.717, 1.165) is 13.0 Å². The van der Waals surface area contributed by atoms with Crippen molar-refractivity contribution in [2.45, 2.75) is 25.9 Å². The zero-order chi connectivity index (χ0) is 10.1. The van der Waals surface area contributed by atoms with E-state index in [0.29, 0.717) is 6.54 Å². The summed E-state index contributed by atoms with van der Waals surface area (Å²) in [5.74, 6) is 0.0800. The molecule has 1 atom stereocenters. The number of hydrogen-bond acceptors (Lipinski definition) is 3. The third kappa shape index (κ3) is 1.67. The maximum Gasteiger partial charge on any atom is 0.241 e. The molecule has 2 rings (SSSR count). The summed E-state index contributed by atoms with van der Waals surface area (Å²) in [6.45, 7) is 3.58. The molecule has 0 aromatic carbocycles. The minimum atomic E-state index is -0.249. The summed E-state index contributed by atoms with van der Waals surface area (Å²) in [6, 6.07) is 3.98. The molecule has 1 unspecified atom stereocenters. The standard InChI is InChI=1S/C10H14N2OS/c1-2-7-3-4-8(14-7)5-12-6-9(11)10(12)13/h3-4,9H,2,5-6,11H2,1H3. The lowest BCUT2D eigenvalue weighted by Crippen LogP contribution is -2.60. The molecule has 1 aliphatic heterocycles. The van der Waals surface area contributed by atoms with Gasteiger partial charge in [0.1, 0.15) is 6.04 Å². The Morgan fingerprint density at radius 2 is 2.29 bits per heavy atom. The van der Waals surface area contributed by atoms with Gasteiger partial charge in [0.05, 0.1) is 6.54 Å². The van der Waals surface area contributed by atoms with Crippen molar-refractivity contribution in [2.75, 3.05) is 6.54 Å². The number of carbonyl (C=O) groups is 1. The van der Waals surface area contributed by atoms with Gasteiger partial charge in [-0.05, 0) is 18.6 Å². The summed E-state index contributed by atoms with van der Waals surface area (Å²) in [5, 5.41) is 0. The summed E-state index contributed by atoms with van der Waals surface area (Å²) in [6.07, 6.45) is 1.07. The molecule has 1 aromatic heterocycles. The van der Waals surface area contributed by atoms with Crippen LogP contribution in [0.1, 0.15) is 16.7 Å². The Hall–Kier alpha value is -0.870. The number of β-lactam (4-membered cyclic amide) rings is 1. The second kappa shape index (κ2) is 3.71. The van der Waals surface area contributed by atoms with Crippen LogP contribution in [-0.2, 0) is 17.8 Å². The van der Waals surface area contributed by atoms with Crippen molar-refractivity contribution in [1.29, 1.82) is 0 Å². The molecule has 1 aromatic rings. The van der Waals surface area contributed by atoms with E-state index in [9.17, 15) is 4.79 Å². The summed E-state index contributed by atoms with van der Waals surface area (Å²) in [5.41, 5.74) is 5.51. The first-order valence-corrected chi connectivity index (χ1v) is 5.64. The maximum atomic E-state index is 11.2. The molecule has 1 saturated heterocycles. The maximum absolute atomic E-state index is 11.2. The van der Waals surface area contributed by atoms with E-state index >= 15 is 0 Å². The molecule has 1 fully saturated rings. The van der Waals surface area contributed by atoms with E-state index < -0.39 is 0 Å². The Balaban J connectivity index is 1.95. The van der Waals surface area contributed by atoms with Crippen molar-refractivity contribution in [3.63, 3.8) is 0 Å². The lowest BCUT2D eigenvalue weighted by atomic mass is 10.1. The molecule has 1 aliphatic rings. The fourth-order valence-corrected chi connectivity index (χ4v) is 2.53. The molecule has 2 heterocycles. The van der Waals surface area contributed by atoms with Crippen molar-refractivity contribution in [3.05, 3.63) is 21.9 Å². The Bertz CT molecular complexity index is 348. The largest absolute Gasteiger partial charge is 0.334 e. The zero-order valence-electron chi connectivity index (χ0n) is 8.19. The Kier molecular flexibility index (Phi) is 2.56. The van der Waals surface area contributed by atoms with Crippen LogP contribution in [0, 0.1) is 0 Å². The fraction of sp³-hybridized carbons (Fsp3) is 0.500. The van der Waals surface area contributed by atoms with Gasteiger partial charge in [0.15, 0.2) is 0 Å². The predicted molar refractivity (Wildman–Crippen MR) is 57.1 cm³/mol. The molecule has 14 heavy (non-hydrogen) atoms. The first-order valence-electron chi connectivity index (χ1n) is 4.82. The highest BCUT2D eigenvalue weighted by atomic mass is 32.1. The molecule has 1 amide bonds. The van der Waals surface area contributed by atoms with Crippen LogP contribution in [0.5, 0.6) is 0 Å². The van der Waals surface area contributed by atoms with Crippen molar-refractivity contribution in [2.24, 2.45) is 5.73 Å². The number of nitrogens with zero attached hydrogens (tertiary/aromatic N) is 1. The van der Waals surface area contributed by atoms with Gasteiger partial charge < -0.3 is 10.6 Å². The number of aryl methyl sites for hydroxylation is 1. The van der Waals surface area contributed by atoms with Gasteiger partial charge in [0.25, 0.3) is 0 Å². The number of carbonyl (C=O) groups excluding carboxylic acids is 1. The molecule has 76 valence electrons. The highest BCUT2D eigenvalue weighted by Gasteiger charge is 2.33.